The van der Waals surface area contributed by atoms with Gasteiger partial charge in [0.05, 0.1) is 42.7 Å². The number of allylic oxidation sites excluding steroid dienone is 1. The molecular formula is C34H36N2O6S. The Labute approximate surface area is 254 Å². The molecule has 4 aromatic rings. The van der Waals surface area contributed by atoms with Crippen LogP contribution in [0.3, 0.4) is 0 Å². The third-order valence-electron chi connectivity index (χ3n) is 7.19. The second-order valence-corrected chi connectivity index (χ2v) is 11.4. The summed E-state index contributed by atoms with van der Waals surface area (Å²) in [5, 5.41) is 1.93. The summed E-state index contributed by atoms with van der Waals surface area (Å²) in [5.74, 6) is 1.38. The highest BCUT2D eigenvalue weighted by Gasteiger charge is 2.36. The van der Waals surface area contributed by atoms with Crippen LogP contribution in [0, 0.1) is 0 Å². The second kappa shape index (κ2) is 12.9. The highest BCUT2D eigenvalue weighted by molar-refractivity contribution is 7.07. The van der Waals surface area contributed by atoms with Crippen LogP contribution in [-0.2, 0) is 9.53 Å². The molecule has 224 valence electrons. The molecule has 2 heterocycles. The van der Waals surface area contributed by atoms with Crippen molar-refractivity contribution in [2.45, 2.75) is 52.7 Å². The number of thiazole rings is 1. The van der Waals surface area contributed by atoms with Crippen LogP contribution in [0.4, 0.5) is 0 Å². The second-order valence-electron chi connectivity index (χ2n) is 10.4. The van der Waals surface area contributed by atoms with Crippen LogP contribution in [0.2, 0.25) is 0 Å². The quantitative estimate of drug-likeness (QED) is 0.222. The summed E-state index contributed by atoms with van der Waals surface area (Å²) in [5.41, 5.74) is 2.16. The van der Waals surface area contributed by atoms with Crippen molar-refractivity contribution in [3.8, 4) is 17.2 Å². The molecule has 1 aliphatic rings. The van der Waals surface area contributed by atoms with Crippen LogP contribution in [0.15, 0.2) is 75.7 Å². The monoisotopic (exact) mass is 600 g/mol. The molecule has 0 saturated carbocycles. The van der Waals surface area contributed by atoms with Gasteiger partial charge < -0.3 is 18.9 Å². The molecule has 1 aromatic heterocycles. The molecule has 0 fully saturated rings. The van der Waals surface area contributed by atoms with Gasteiger partial charge >= 0.3 is 5.97 Å². The van der Waals surface area contributed by atoms with Crippen molar-refractivity contribution in [1.82, 2.24) is 4.57 Å². The van der Waals surface area contributed by atoms with Crippen LogP contribution in [0.1, 0.15) is 57.7 Å². The molecule has 0 saturated heterocycles. The summed E-state index contributed by atoms with van der Waals surface area (Å²) >= 11 is 1.30. The van der Waals surface area contributed by atoms with Crippen LogP contribution in [-0.4, -0.2) is 37.5 Å². The molecule has 1 aliphatic heterocycles. The van der Waals surface area contributed by atoms with Crippen molar-refractivity contribution in [2.75, 3.05) is 20.8 Å². The zero-order chi connectivity index (χ0) is 30.7. The van der Waals surface area contributed by atoms with Gasteiger partial charge in [0.15, 0.2) is 4.80 Å². The SMILES string of the molecule is CCCC1=C(C(=O)OCC)[C@@H](c2cc(OC)ccc2OC)n2c(s/c(=C/c3ccc(OC(C)C)c4ccccc34)c2=O)=N1. The summed E-state index contributed by atoms with van der Waals surface area (Å²) in [6.07, 6.45) is 3.22. The number of benzene rings is 3. The number of ether oxygens (including phenoxy) is 4. The number of hydrogen-bond donors (Lipinski definition) is 0. The summed E-state index contributed by atoms with van der Waals surface area (Å²) in [4.78, 5) is 33.2. The number of aromatic nitrogens is 1. The lowest BCUT2D eigenvalue weighted by Crippen LogP contribution is -2.40. The zero-order valence-electron chi connectivity index (χ0n) is 25.3. The van der Waals surface area contributed by atoms with Crippen molar-refractivity contribution in [3.05, 3.63) is 96.7 Å². The first-order chi connectivity index (χ1) is 20.8. The van der Waals surface area contributed by atoms with Crippen molar-refractivity contribution >= 4 is 34.2 Å². The van der Waals surface area contributed by atoms with Gasteiger partial charge in [-0.3, -0.25) is 9.36 Å². The number of carbonyl (C=O) groups excluding carboxylic acids is 1. The Morgan fingerprint density at radius 3 is 2.44 bits per heavy atom. The van der Waals surface area contributed by atoms with Crippen LogP contribution in [0.25, 0.3) is 16.8 Å². The molecule has 5 rings (SSSR count). The van der Waals surface area contributed by atoms with Gasteiger partial charge in [-0.1, -0.05) is 55.0 Å². The van der Waals surface area contributed by atoms with Crippen LogP contribution in [0.5, 0.6) is 17.2 Å². The maximum atomic E-state index is 14.3. The normalized spacial score (nSPS) is 15.0. The van der Waals surface area contributed by atoms with Gasteiger partial charge in [0.2, 0.25) is 0 Å². The molecular weight excluding hydrogens is 564 g/mol. The minimum absolute atomic E-state index is 0.0254. The van der Waals surface area contributed by atoms with Gasteiger partial charge in [0, 0.05) is 10.9 Å². The molecule has 0 spiro atoms. The van der Waals surface area contributed by atoms with E-state index >= 15 is 0 Å². The van der Waals surface area contributed by atoms with Gasteiger partial charge in [0.1, 0.15) is 23.3 Å². The van der Waals surface area contributed by atoms with E-state index in [9.17, 15) is 9.59 Å². The van der Waals surface area contributed by atoms with Crippen LogP contribution >= 0.6 is 11.3 Å². The van der Waals surface area contributed by atoms with Gasteiger partial charge in [-0.05, 0) is 68.5 Å². The maximum Gasteiger partial charge on any atom is 0.338 e. The lowest BCUT2D eigenvalue weighted by molar-refractivity contribution is -0.139. The number of rotatable bonds is 10. The number of methoxy groups -OCH3 is 2. The van der Waals surface area contributed by atoms with Crippen molar-refractivity contribution in [2.24, 2.45) is 4.99 Å². The lowest BCUT2D eigenvalue weighted by atomic mass is 9.93. The van der Waals surface area contributed by atoms with E-state index in [2.05, 4.69) is 0 Å². The molecule has 0 N–H and O–H groups in total. The van der Waals surface area contributed by atoms with E-state index in [0.29, 0.717) is 44.1 Å². The Morgan fingerprint density at radius 2 is 1.77 bits per heavy atom. The summed E-state index contributed by atoms with van der Waals surface area (Å²) in [6, 6.07) is 16.4. The first-order valence-corrected chi connectivity index (χ1v) is 15.2. The fourth-order valence-corrected chi connectivity index (χ4v) is 6.40. The first kappa shape index (κ1) is 30.1. The topological polar surface area (TPSA) is 88.4 Å². The van der Waals surface area contributed by atoms with Crippen molar-refractivity contribution in [3.63, 3.8) is 0 Å². The summed E-state index contributed by atoms with van der Waals surface area (Å²) < 4.78 is 24.9. The molecule has 0 unspecified atom stereocenters. The third kappa shape index (κ3) is 5.82. The molecule has 0 aliphatic carbocycles. The Morgan fingerprint density at radius 1 is 1.02 bits per heavy atom. The average Bonchev–Trinajstić information content (AvgIpc) is 3.31. The van der Waals surface area contributed by atoms with Gasteiger partial charge in [-0.2, -0.15) is 0 Å². The van der Waals surface area contributed by atoms with E-state index < -0.39 is 12.0 Å². The smallest absolute Gasteiger partial charge is 0.338 e. The predicted octanol–water partition coefficient (Wildman–Crippen LogP) is 5.54. The average molecular weight is 601 g/mol. The highest BCUT2D eigenvalue weighted by atomic mass is 32.1. The fraction of sp³-hybridized carbons (Fsp3) is 0.324. The Bertz CT molecular complexity index is 1890. The molecule has 9 heteroatoms. The largest absolute Gasteiger partial charge is 0.497 e. The minimum atomic E-state index is -0.817. The molecule has 8 nitrogen and oxygen atoms in total. The molecule has 1 atom stereocenters. The fourth-order valence-electron chi connectivity index (χ4n) is 5.39. The third-order valence-corrected chi connectivity index (χ3v) is 8.17. The number of fused-ring (bicyclic) bond motifs is 2. The molecule has 0 amide bonds. The van der Waals surface area contributed by atoms with Crippen molar-refractivity contribution in [1.29, 1.82) is 0 Å². The molecule has 0 bridgehead atoms. The number of hydrogen-bond acceptors (Lipinski definition) is 8. The Balaban J connectivity index is 1.79. The zero-order valence-corrected chi connectivity index (χ0v) is 26.1. The van der Waals surface area contributed by atoms with Gasteiger partial charge in [-0.15, -0.1) is 0 Å². The van der Waals surface area contributed by atoms with Crippen molar-refractivity contribution < 1.29 is 23.7 Å². The minimum Gasteiger partial charge on any atom is -0.497 e. The lowest BCUT2D eigenvalue weighted by Gasteiger charge is -2.27. The number of nitrogens with zero attached hydrogens (tertiary/aromatic N) is 2. The summed E-state index contributed by atoms with van der Waals surface area (Å²) in [7, 11) is 3.14. The van der Waals surface area contributed by atoms with Gasteiger partial charge in [-0.25, -0.2) is 9.79 Å². The van der Waals surface area contributed by atoms with E-state index in [4.69, 9.17) is 23.9 Å². The van der Waals surface area contributed by atoms with E-state index in [-0.39, 0.29) is 18.3 Å². The number of carbonyl (C=O) groups is 1. The Hall–Kier alpha value is -4.37. The molecule has 43 heavy (non-hydrogen) atoms. The van der Waals surface area contributed by atoms with E-state index in [1.54, 1.807) is 43.9 Å². The standard InChI is InChI=1S/C34H36N2O6S/c1-7-11-26-30(33(38)41-8-2)31(25-19-22(39-5)15-17-27(25)40-6)36-32(37)29(43-34(36)35-26)18-21-14-16-28(42-20(3)4)24-13-10-9-12-23(21)24/h9-10,12-20,31H,7-8,11H2,1-6H3/b29-18+/t31-/m1/s1. The van der Waals surface area contributed by atoms with Crippen LogP contribution < -0.4 is 29.1 Å². The van der Waals surface area contributed by atoms with Gasteiger partial charge in [0.25, 0.3) is 5.56 Å². The maximum absolute atomic E-state index is 14.3. The predicted molar refractivity (Wildman–Crippen MR) is 169 cm³/mol. The number of esters is 1. The molecule has 3 aromatic carbocycles. The summed E-state index contributed by atoms with van der Waals surface area (Å²) in [6.45, 7) is 7.97. The molecule has 0 radical (unpaired) electrons. The van der Waals surface area contributed by atoms with E-state index in [0.717, 1.165) is 28.5 Å². The van der Waals surface area contributed by atoms with E-state index in [1.165, 1.54) is 11.3 Å². The van der Waals surface area contributed by atoms with E-state index in [1.807, 2.05) is 63.2 Å². The highest BCUT2D eigenvalue weighted by Crippen LogP contribution is 2.39. The first-order valence-electron chi connectivity index (χ1n) is 14.4. The Kier molecular flexibility index (Phi) is 9.01.